The van der Waals surface area contributed by atoms with E-state index in [1.54, 1.807) is 24.3 Å². The number of hydrogen-bond donors (Lipinski definition) is 1. The molecule has 6 heteroatoms. The molecule has 0 spiro atoms. The van der Waals surface area contributed by atoms with Gasteiger partial charge in [0.2, 0.25) is 5.91 Å². The van der Waals surface area contributed by atoms with E-state index < -0.39 is 24.9 Å². The van der Waals surface area contributed by atoms with Crippen LogP contribution in [-0.4, -0.2) is 23.5 Å². The zero-order valence-corrected chi connectivity index (χ0v) is 11.4. The van der Waals surface area contributed by atoms with E-state index in [9.17, 15) is 18.0 Å². The van der Waals surface area contributed by atoms with Crippen LogP contribution in [0.2, 0.25) is 0 Å². The van der Waals surface area contributed by atoms with Crippen molar-refractivity contribution < 1.29 is 18.0 Å². The van der Waals surface area contributed by atoms with E-state index in [0.29, 0.717) is 18.7 Å². The number of nitrogen functional groups attached to an aromatic ring is 1. The SMILES string of the molecule is CCCN(Cc1cccc(N)c1)C(=O)CCC(F)(F)F. The van der Waals surface area contributed by atoms with Crippen molar-refractivity contribution in [2.24, 2.45) is 0 Å². The average molecular weight is 288 g/mol. The fourth-order valence-corrected chi connectivity index (χ4v) is 1.88. The number of benzene rings is 1. The molecule has 0 heterocycles. The first-order valence-corrected chi connectivity index (χ1v) is 6.50. The minimum Gasteiger partial charge on any atom is -0.399 e. The molecule has 0 aromatic heterocycles. The second-order valence-corrected chi connectivity index (χ2v) is 4.68. The van der Waals surface area contributed by atoms with Crippen molar-refractivity contribution in [3.05, 3.63) is 29.8 Å². The Kier molecular flexibility index (Phi) is 5.85. The zero-order chi connectivity index (χ0) is 15.2. The van der Waals surface area contributed by atoms with E-state index in [2.05, 4.69) is 0 Å². The number of amides is 1. The summed E-state index contributed by atoms with van der Waals surface area (Å²) in [5.74, 6) is -0.480. The highest BCUT2D eigenvalue weighted by atomic mass is 19.4. The van der Waals surface area contributed by atoms with Gasteiger partial charge in [0.05, 0.1) is 6.42 Å². The van der Waals surface area contributed by atoms with Crippen molar-refractivity contribution >= 4 is 11.6 Å². The van der Waals surface area contributed by atoms with Crippen LogP contribution in [0.3, 0.4) is 0 Å². The van der Waals surface area contributed by atoms with Gasteiger partial charge in [-0.05, 0) is 24.1 Å². The van der Waals surface area contributed by atoms with E-state index in [0.717, 1.165) is 5.56 Å². The van der Waals surface area contributed by atoms with E-state index in [-0.39, 0.29) is 6.54 Å². The summed E-state index contributed by atoms with van der Waals surface area (Å²) in [6, 6.07) is 7.00. The quantitative estimate of drug-likeness (QED) is 0.816. The molecule has 0 aliphatic heterocycles. The fraction of sp³-hybridized carbons (Fsp3) is 0.500. The van der Waals surface area contributed by atoms with Crippen molar-refractivity contribution in [1.82, 2.24) is 4.90 Å². The molecule has 112 valence electrons. The van der Waals surface area contributed by atoms with Crippen LogP contribution in [0.25, 0.3) is 0 Å². The van der Waals surface area contributed by atoms with Gasteiger partial charge in [-0.25, -0.2) is 0 Å². The molecule has 0 bridgehead atoms. The Bertz CT molecular complexity index is 446. The maximum Gasteiger partial charge on any atom is 0.389 e. The number of hydrogen-bond acceptors (Lipinski definition) is 2. The third-order valence-corrected chi connectivity index (χ3v) is 2.79. The molecule has 0 aliphatic rings. The molecule has 0 fully saturated rings. The monoisotopic (exact) mass is 288 g/mol. The summed E-state index contributed by atoms with van der Waals surface area (Å²) in [4.78, 5) is 13.3. The third kappa shape index (κ3) is 5.95. The van der Waals surface area contributed by atoms with Gasteiger partial charge in [0.1, 0.15) is 0 Å². The van der Waals surface area contributed by atoms with Crippen molar-refractivity contribution in [3.63, 3.8) is 0 Å². The van der Waals surface area contributed by atoms with Gasteiger partial charge in [-0.15, -0.1) is 0 Å². The molecule has 0 atom stereocenters. The van der Waals surface area contributed by atoms with Gasteiger partial charge < -0.3 is 10.6 Å². The molecule has 0 saturated heterocycles. The lowest BCUT2D eigenvalue weighted by Gasteiger charge is -2.22. The molecule has 1 aromatic rings. The lowest BCUT2D eigenvalue weighted by Crippen LogP contribution is -2.32. The number of carbonyl (C=O) groups excluding carboxylic acids is 1. The number of halogens is 3. The molecular formula is C14H19F3N2O. The van der Waals surface area contributed by atoms with Crippen LogP contribution in [0.15, 0.2) is 24.3 Å². The topological polar surface area (TPSA) is 46.3 Å². The first-order valence-electron chi connectivity index (χ1n) is 6.50. The lowest BCUT2D eigenvalue weighted by molar-refractivity contribution is -0.149. The molecule has 1 amide bonds. The number of alkyl halides is 3. The molecule has 1 aromatic carbocycles. The summed E-state index contributed by atoms with van der Waals surface area (Å²) in [7, 11) is 0. The van der Waals surface area contributed by atoms with E-state index in [4.69, 9.17) is 5.73 Å². The van der Waals surface area contributed by atoms with Crippen molar-refractivity contribution in [1.29, 1.82) is 0 Å². The highest BCUT2D eigenvalue weighted by Crippen LogP contribution is 2.22. The van der Waals surface area contributed by atoms with Gasteiger partial charge in [0, 0.05) is 25.2 Å². The van der Waals surface area contributed by atoms with Crippen LogP contribution in [-0.2, 0) is 11.3 Å². The molecule has 2 N–H and O–H groups in total. The van der Waals surface area contributed by atoms with Gasteiger partial charge in [0.25, 0.3) is 0 Å². The summed E-state index contributed by atoms with van der Waals surface area (Å²) >= 11 is 0. The molecule has 0 radical (unpaired) electrons. The van der Waals surface area contributed by atoms with Crippen LogP contribution in [0, 0.1) is 0 Å². The molecule has 3 nitrogen and oxygen atoms in total. The largest absolute Gasteiger partial charge is 0.399 e. The predicted molar refractivity (Wildman–Crippen MR) is 71.9 cm³/mol. The number of nitrogens with two attached hydrogens (primary N) is 1. The van der Waals surface area contributed by atoms with Crippen LogP contribution in [0.5, 0.6) is 0 Å². The van der Waals surface area contributed by atoms with Crippen LogP contribution >= 0.6 is 0 Å². The summed E-state index contributed by atoms with van der Waals surface area (Å²) in [6.45, 7) is 2.60. The summed E-state index contributed by atoms with van der Waals surface area (Å²) in [6.07, 6.45) is -5.19. The van der Waals surface area contributed by atoms with Gasteiger partial charge in [-0.2, -0.15) is 13.2 Å². The van der Waals surface area contributed by atoms with Crippen LogP contribution in [0.4, 0.5) is 18.9 Å². The Hall–Kier alpha value is -1.72. The normalized spacial score (nSPS) is 11.4. The van der Waals surface area contributed by atoms with Crippen molar-refractivity contribution in [2.45, 2.75) is 38.9 Å². The fourth-order valence-electron chi connectivity index (χ4n) is 1.88. The van der Waals surface area contributed by atoms with Gasteiger partial charge >= 0.3 is 6.18 Å². The molecule has 0 aliphatic carbocycles. The van der Waals surface area contributed by atoms with Gasteiger partial charge in [-0.3, -0.25) is 4.79 Å². The van der Waals surface area contributed by atoms with Crippen molar-refractivity contribution in [3.8, 4) is 0 Å². The summed E-state index contributed by atoms with van der Waals surface area (Å²) in [5, 5.41) is 0. The second-order valence-electron chi connectivity index (χ2n) is 4.68. The highest BCUT2D eigenvalue weighted by Gasteiger charge is 2.29. The summed E-state index contributed by atoms with van der Waals surface area (Å²) in [5.41, 5.74) is 7.04. The van der Waals surface area contributed by atoms with Crippen molar-refractivity contribution in [2.75, 3.05) is 12.3 Å². The molecule has 1 rings (SSSR count). The lowest BCUT2D eigenvalue weighted by atomic mass is 10.1. The standard InChI is InChI=1S/C14H19F3N2O/c1-2-8-19(13(20)6-7-14(15,16)17)10-11-4-3-5-12(18)9-11/h3-5,9H,2,6-8,10,18H2,1H3. The Balaban J connectivity index is 2.66. The van der Waals surface area contributed by atoms with E-state index in [1.807, 2.05) is 6.92 Å². The molecule has 0 unspecified atom stereocenters. The Morgan fingerprint density at radius 2 is 2.05 bits per heavy atom. The maximum atomic E-state index is 12.2. The van der Waals surface area contributed by atoms with Crippen LogP contribution in [0.1, 0.15) is 31.7 Å². The number of nitrogens with zero attached hydrogens (tertiary/aromatic N) is 1. The molecule has 20 heavy (non-hydrogen) atoms. The minimum atomic E-state index is -4.30. The first kappa shape index (κ1) is 16.3. The average Bonchev–Trinajstić information content (AvgIpc) is 2.34. The number of carbonyl (C=O) groups is 1. The van der Waals surface area contributed by atoms with Gasteiger partial charge in [-0.1, -0.05) is 19.1 Å². The Morgan fingerprint density at radius 3 is 2.60 bits per heavy atom. The maximum absolute atomic E-state index is 12.2. The van der Waals surface area contributed by atoms with E-state index in [1.165, 1.54) is 4.90 Å². The second kappa shape index (κ2) is 7.17. The first-order chi connectivity index (χ1) is 9.31. The van der Waals surface area contributed by atoms with Crippen LogP contribution < -0.4 is 5.73 Å². The summed E-state index contributed by atoms with van der Waals surface area (Å²) < 4.78 is 36.5. The zero-order valence-electron chi connectivity index (χ0n) is 11.4. The van der Waals surface area contributed by atoms with Gasteiger partial charge in [0.15, 0.2) is 0 Å². The molecule has 0 saturated carbocycles. The minimum absolute atomic E-state index is 0.287. The Labute approximate surface area is 116 Å². The number of rotatable bonds is 6. The number of anilines is 1. The third-order valence-electron chi connectivity index (χ3n) is 2.79. The Morgan fingerprint density at radius 1 is 1.35 bits per heavy atom. The van der Waals surface area contributed by atoms with E-state index >= 15 is 0 Å². The highest BCUT2D eigenvalue weighted by molar-refractivity contribution is 5.76. The smallest absolute Gasteiger partial charge is 0.389 e. The molecular weight excluding hydrogens is 269 g/mol. The predicted octanol–water partition coefficient (Wildman–Crippen LogP) is 3.35.